The topological polar surface area (TPSA) is 55.4 Å². The van der Waals surface area contributed by atoms with Gasteiger partial charge in [0.1, 0.15) is 0 Å². The molecule has 0 amide bonds. The van der Waals surface area contributed by atoms with Crippen molar-refractivity contribution in [3.63, 3.8) is 0 Å². The van der Waals surface area contributed by atoms with E-state index in [1.54, 1.807) is 0 Å². The number of rotatable bonds is 16. The standard InChI is InChI=1S/C42H64B2O6/c1-13-17-19-29(15-3)27-45-37-35-25-31(43-47-39(5,6)40(7,8)48-43)21-23-33(35)34-24-22-32(44-49-41(9,10)42(11,12)50-44)26-36(34)38(37)46-28-30(16-4)20-18-14-2/h21-26,29-30H,13-20,27-28H2,1-12H3. The Morgan fingerprint density at radius 1 is 0.520 bits per heavy atom. The van der Waals surface area contributed by atoms with E-state index in [2.05, 4.69) is 119 Å². The first-order valence-electron chi connectivity index (χ1n) is 19.6. The molecule has 2 aliphatic rings. The Kier molecular flexibility index (Phi) is 12.0. The Morgan fingerprint density at radius 3 is 1.16 bits per heavy atom. The van der Waals surface area contributed by atoms with Gasteiger partial charge in [-0.15, -0.1) is 0 Å². The van der Waals surface area contributed by atoms with E-state index in [4.69, 9.17) is 28.1 Å². The molecule has 2 aliphatic heterocycles. The van der Waals surface area contributed by atoms with Crippen molar-refractivity contribution in [1.29, 1.82) is 0 Å². The predicted molar refractivity (Wildman–Crippen MR) is 210 cm³/mol. The summed E-state index contributed by atoms with van der Waals surface area (Å²) >= 11 is 0. The van der Waals surface area contributed by atoms with Gasteiger partial charge in [0.25, 0.3) is 0 Å². The van der Waals surface area contributed by atoms with Gasteiger partial charge in [-0.2, -0.15) is 0 Å². The molecule has 3 aromatic carbocycles. The molecule has 274 valence electrons. The zero-order valence-corrected chi connectivity index (χ0v) is 33.3. The first-order valence-corrected chi connectivity index (χ1v) is 19.6. The van der Waals surface area contributed by atoms with Gasteiger partial charge in [0, 0.05) is 10.8 Å². The molecule has 2 atom stereocenters. The molecule has 8 heteroatoms. The molecule has 6 nitrogen and oxygen atoms in total. The van der Waals surface area contributed by atoms with Crippen molar-refractivity contribution in [1.82, 2.24) is 0 Å². The van der Waals surface area contributed by atoms with E-state index < -0.39 is 36.6 Å². The van der Waals surface area contributed by atoms with Gasteiger partial charge in [-0.1, -0.05) is 103 Å². The summed E-state index contributed by atoms with van der Waals surface area (Å²) < 4.78 is 40.2. The second-order valence-corrected chi connectivity index (χ2v) is 16.9. The third-order valence-corrected chi connectivity index (χ3v) is 12.1. The van der Waals surface area contributed by atoms with Gasteiger partial charge in [0.15, 0.2) is 11.5 Å². The Morgan fingerprint density at radius 2 is 0.860 bits per heavy atom. The maximum atomic E-state index is 7.02. The highest BCUT2D eigenvalue weighted by atomic mass is 16.7. The monoisotopic (exact) mass is 686 g/mol. The highest BCUT2D eigenvalue weighted by molar-refractivity contribution is 6.63. The van der Waals surface area contributed by atoms with Crippen molar-refractivity contribution in [3.05, 3.63) is 36.4 Å². The van der Waals surface area contributed by atoms with E-state index in [9.17, 15) is 0 Å². The van der Waals surface area contributed by atoms with Crippen molar-refractivity contribution in [2.75, 3.05) is 13.2 Å². The van der Waals surface area contributed by atoms with E-state index in [-0.39, 0.29) is 0 Å². The molecule has 0 bridgehead atoms. The molecule has 3 aromatic rings. The van der Waals surface area contributed by atoms with Crippen LogP contribution >= 0.6 is 0 Å². The maximum Gasteiger partial charge on any atom is 0.494 e. The molecule has 2 saturated heterocycles. The highest BCUT2D eigenvalue weighted by Crippen LogP contribution is 2.45. The molecule has 0 radical (unpaired) electrons. The third kappa shape index (κ3) is 7.89. The number of unbranched alkanes of at least 4 members (excludes halogenated alkanes) is 2. The van der Waals surface area contributed by atoms with Crippen molar-refractivity contribution < 1.29 is 28.1 Å². The third-order valence-electron chi connectivity index (χ3n) is 12.1. The van der Waals surface area contributed by atoms with Crippen LogP contribution < -0.4 is 20.4 Å². The van der Waals surface area contributed by atoms with Gasteiger partial charge in [-0.3, -0.25) is 0 Å². The van der Waals surface area contributed by atoms with Crippen LogP contribution in [0.1, 0.15) is 134 Å². The molecule has 50 heavy (non-hydrogen) atoms. The first-order chi connectivity index (χ1) is 23.6. The summed E-state index contributed by atoms with van der Waals surface area (Å²) in [4.78, 5) is 0. The second kappa shape index (κ2) is 15.4. The summed E-state index contributed by atoms with van der Waals surface area (Å²) in [6.45, 7) is 27.1. The lowest BCUT2D eigenvalue weighted by atomic mass is 9.76. The Bertz CT molecular complexity index is 1460. The summed E-state index contributed by atoms with van der Waals surface area (Å²) in [6.07, 6.45) is 9.19. The summed E-state index contributed by atoms with van der Waals surface area (Å²) in [5.74, 6) is 2.53. The Labute approximate surface area is 303 Å². The van der Waals surface area contributed by atoms with Gasteiger partial charge >= 0.3 is 14.2 Å². The maximum absolute atomic E-state index is 7.02. The van der Waals surface area contributed by atoms with Crippen LogP contribution in [0.15, 0.2) is 36.4 Å². The molecule has 2 heterocycles. The van der Waals surface area contributed by atoms with E-state index >= 15 is 0 Å². The zero-order valence-electron chi connectivity index (χ0n) is 33.3. The van der Waals surface area contributed by atoms with Gasteiger partial charge in [0.05, 0.1) is 35.6 Å². The van der Waals surface area contributed by atoms with Crippen molar-refractivity contribution in [3.8, 4) is 11.5 Å². The van der Waals surface area contributed by atoms with Gasteiger partial charge in [-0.05, 0) is 102 Å². The molecular formula is C42H64B2O6. The largest absolute Gasteiger partial charge is 0.494 e. The van der Waals surface area contributed by atoms with Crippen LogP contribution in [0, 0.1) is 11.8 Å². The molecule has 2 unspecified atom stereocenters. The van der Waals surface area contributed by atoms with E-state index in [0.717, 1.165) is 69.7 Å². The molecule has 0 N–H and O–H groups in total. The van der Waals surface area contributed by atoms with Gasteiger partial charge < -0.3 is 28.1 Å². The number of fused-ring (bicyclic) bond motifs is 3. The van der Waals surface area contributed by atoms with Crippen LogP contribution in [0.25, 0.3) is 21.5 Å². The van der Waals surface area contributed by atoms with Crippen LogP contribution in [-0.2, 0) is 18.6 Å². The molecular weight excluding hydrogens is 622 g/mol. The van der Waals surface area contributed by atoms with Crippen molar-refractivity contribution >= 4 is 46.7 Å². The van der Waals surface area contributed by atoms with Crippen LogP contribution in [0.4, 0.5) is 0 Å². The molecule has 2 fully saturated rings. The van der Waals surface area contributed by atoms with Crippen LogP contribution in [-0.4, -0.2) is 49.9 Å². The Balaban J connectivity index is 1.69. The average molecular weight is 687 g/mol. The smallest absolute Gasteiger partial charge is 0.489 e. The average Bonchev–Trinajstić information content (AvgIpc) is 3.43. The lowest BCUT2D eigenvalue weighted by Crippen LogP contribution is -2.41. The lowest BCUT2D eigenvalue weighted by Gasteiger charge is -2.32. The lowest BCUT2D eigenvalue weighted by molar-refractivity contribution is 0.00578. The second-order valence-electron chi connectivity index (χ2n) is 16.9. The summed E-state index contributed by atoms with van der Waals surface area (Å²) in [7, 11) is -0.955. The number of hydrogen-bond acceptors (Lipinski definition) is 6. The van der Waals surface area contributed by atoms with Gasteiger partial charge in [-0.25, -0.2) is 0 Å². The number of benzene rings is 3. The zero-order chi connectivity index (χ0) is 36.5. The van der Waals surface area contributed by atoms with E-state index in [0.29, 0.717) is 25.0 Å². The minimum absolute atomic E-state index is 0.436. The summed E-state index contributed by atoms with van der Waals surface area (Å²) in [5, 5.41) is 4.27. The summed E-state index contributed by atoms with van der Waals surface area (Å²) in [6, 6.07) is 13.1. The fourth-order valence-electron chi connectivity index (χ4n) is 6.95. The van der Waals surface area contributed by atoms with E-state index in [1.165, 1.54) is 25.7 Å². The minimum Gasteiger partial charge on any atom is -0.489 e. The fourth-order valence-corrected chi connectivity index (χ4v) is 6.95. The SMILES string of the molecule is CCCCC(CC)COc1c(OCC(CC)CCCC)c2cc(B3OC(C)(C)C(C)(C)O3)ccc2c2ccc(B3OC(C)(C)C(C)(C)O3)cc12. The molecule has 0 saturated carbocycles. The quantitative estimate of drug-likeness (QED) is 0.111. The Hall–Kier alpha value is -2.25. The number of hydrogen-bond donors (Lipinski definition) is 0. The predicted octanol–water partition coefficient (Wildman–Crippen LogP) is 9.78. The van der Waals surface area contributed by atoms with E-state index in [1.807, 2.05) is 0 Å². The van der Waals surface area contributed by atoms with Crippen LogP contribution in [0.2, 0.25) is 0 Å². The minimum atomic E-state index is -0.477. The van der Waals surface area contributed by atoms with Crippen LogP contribution in [0.3, 0.4) is 0 Å². The normalized spacial score (nSPS) is 20.5. The van der Waals surface area contributed by atoms with Crippen LogP contribution in [0.5, 0.6) is 11.5 Å². The van der Waals surface area contributed by atoms with Crippen molar-refractivity contribution in [2.24, 2.45) is 11.8 Å². The first kappa shape index (κ1) is 39.0. The van der Waals surface area contributed by atoms with Crippen molar-refractivity contribution in [2.45, 2.75) is 157 Å². The molecule has 0 aliphatic carbocycles. The number of ether oxygens (including phenoxy) is 2. The molecule has 0 spiro atoms. The highest BCUT2D eigenvalue weighted by Gasteiger charge is 2.53. The fraction of sp³-hybridized carbons (Fsp3) is 0.667. The van der Waals surface area contributed by atoms with Gasteiger partial charge in [0.2, 0.25) is 0 Å². The summed E-state index contributed by atoms with van der Waals surface area (Å²) in [5.41, 5.74) is 0.216. The molecule has 0 aromatic heterocycles. The molecule has 5 rings (SSSR count).